The van der Waals surface area contributed by atoms with Crippen molar-refractivity contribution < 1.29 is 17.9 Å². The predicted molar refractivity (Wildman–Crippen MR) is 87.2 cm³/mol. The van der Waals surface area contributed by atoms with Crippen LogP contribution in [0.3, 0.4) is 0 Å². The lowest BCUT2D eigenvalue weighted by atomic mass is 10.1. The molecule has 10 heteroatoms. The summed E-state index contributed by atoms with van der Waals surface area (Å²) in [5, 5.41) is 11.6. The number of thioether (sulfide) groups is 1. The Morgan fingerprint density at radius 2 is 2.26 bits per heavy atom. The van der Waals surface area contributed by atoms with Gasteiger partial charge in [0, 0.05) is 33.2 Å². The average Bonchev–Trinajstić information content (AvgIpc) is 3.04. The third kappa shape index (κ3) is 5.18. The summed E-state index contributed by atoms with van der Waals surface area (Å²) in [6.07, 6.45) is 1.36. The number of ether oxygens (including phenoxy) is 1. The topological polar surface area (TPSA) is 103 Å². The van der Waals surface area contributed by atoms with Crippen LogP contribution in [0.5, 0.6) is 0 Å². The first-order chi connectivity index (χ1) is 10.9. The Balaban J connectivity index is 1.84. The highest BCUT2D eigenvalue weighted by molar-refractivity contribution is 7.99. The Kier molecular flexibility index (Phi) is 6.42. The number of rotatable bonds is 8. The van der Waals surface area contributed by atoms with Crippen LogP contribution in [-0.4, -0.2) is 66.6 Å². The Bertz CT molecular complexity index is 644. The van der Waals surface area contributed by atoms with Crippen molar-refractivity contribution in [2.75, 3.05) is 37.5 Å². The first kappa shape index (κ1) is 18.2. The van der Waals surface area contributed by atoms with Gasteiger partial charge in [0.15, 0.2) is 15.0 Å². The molecular formula is C13H22N4O4S2. The molecule has 8 nitrogen and oxygen atoms in total. The molecule has 1 aliphatic heterocycles. The average molecular weight is 362 g/mol. The zero-order chi connectivity index (χ0) is 16.9. The lowest BCUT2D eigenvalue weighted by Gasteiger charge is -2.08. The number of carbonyl (C=O) groups is 1. The molecule has 0 spiro atoms. The van der Waals surface area contributed by atoms with Gasteiger partial charge in [-0.1, -0.05) is 11.8 Å². The number of hydrogen-bond donors (Lipinski definition) is 1. The number of amides is 1. The van der Waals surface area contributed by atoms with Gasteiger partial charge in [0.2, 0.25) is 5.91 Å². The Hall–Kier alpha value is -1.13. The van der Waals surface area contributed by atoms with E-state index >= 15 is 0 Å². The molecule has 130 valence electrons. The van der Waals surface area contributed by atoms with Crippen molar-refractivity contribution in [1.82, 2.24) is 20.1 Å². The second-order valence-electron chi connectivity index (χ2n) is 5.48. The van der Waals surface area contributed by atoms with Gasteiger partial charge in [-0.2, -0.15) is 0 Å². The van der Waals surface area contributed by atoms with E-state index in [1.165, 1.54) is 11.8 Å². The van der Waals surface area contributed by atoms with Gasteiger partial charge in [0.05, 0.1) is 17.3 Å². The molecule has 1 amide bonds. The zero-order valence-corrected chi connectivity index (χ0v) is 15.0. The summed E-state index contributed by atoms with van der Waals surface area (Å²) >= 11 is 1.30. The molecule has 23 heavy (non-hydrogen) atoms. The molecule has 1 aliphatic rings. The Labute approximate surface area is 140 Å². The molecule has 1 atom stereocenters. The second-order valence-corrected chi connectivity index (χ2v) is 8.66. The molecule has 0 aliphatic carbocycles. The Morgan fingerprint density at radius 1 is 1.48 bits per heavy atom. The van der Waals surface area contributed by atoms with E-state index in [0.29, 0.717) is 30.6 Å². The van der Waals surface area contributed by atoms with Crippen LogP contribution in [0, 0.1) is 0 Å². The molecule has 1 N–H and O–H groups in total. The van der Waals surface area contributed by atoms with E-state index in [2.05, 4.69) is 15.5 Å². The summed E-state index contributed by atoms with van der Waals surface area (Å²) < 4.78 is 29.8. The van der Waals surface area contributed by atoms with Gasteiger partial charge in [-0.3, -0.25) is 4.79 Å². The maximum atomic E-state index is 11.7. The van der Waals surface area contributed by atoms with E-state index < -0.39 is 9.84 Å². The number of sulfone groups is 1. The minimum atomic E-state index is -2.95. The summed E-state index contributed by atoms with van der Waals surface area (Å²) in [6.45, 7) is 1.20. The number of nitrogens with one attached hydrogen (secondary N) is 1. The van der Waals surface area contributed by atoms with Crippen LogP contribution in [0.1, 0.15) is 24.6 Å². The third-order valence-electron chi connectivity index (χ3n) is 3.65. The van der Waals surface area contributed by atoms with Gasteiger partial charge in [-0.15, -0.1) is 10.2 Å². The van der Waals surface area contributed by atoms with Crippen LogP contribution >= 0.6 is 11.8 Å². The second kappa shape index (κ2) is 8.11. The maximum absolute atomic E-state index is 11.7. The fourth-order valence-electron chi connectivity index (χ4n) is 2.43. The van der Waals surface area contributed by atoms with Gasteiger partial charge < -0.3 is 14.6 Å². The Morgan fingerprint density at radius 3 is 2.91 bits per heavy atom. The molecule has 0 radical (unpaired) electrons. The normalized spacial score (nSPS) is 19.8. The van der Waals surface area contributed by atoms with Gasteiger partial charge in [-0.25, -0.2) is 8.42 Å². The van der Waals surface area contributed by atoms with Crippen LogP contribution in [0.25, 0.3) is 0 Å². The maximum Gasteiger partial charge on any atom is 0.230 e. The minimum Gasteiger partial charge on any atom is -0.385 e. The van der Waals surface area contributed by atoms with Gasteiger partial charge in [-0.05, 0) is 12.8 Å². The summed E-state index contributed by atoms with van der Waals surface area (Å²) in [6, 6.07) is 0. The van der Waals surface area contributed by atoms with Crippen molar-refractivity contribution in [3.8, 4) is 0 Å². The van der Waals surface area contributed by atoms with Crippen molar-refractivity contribution >= 4 is 27.5 Å². The highest BCUT2D eigenvalue weighted by atomic mass is 32.2. The molecule has 1 fully saturated rings. The smallest absolute Gasteiger partial charge is 0.230 e. The van der Waals surface area contributed by atoms with Crippen molar-refractivity contribution in [2.24, 2.45) is 7.05 Å². The summed E-state index contributed by atoms with van der Waals surface area (Å²) in [5.41, 5.74) is 0. The van der Waals surface area contributed by atoms with Crippen molar-refractivity contribution in [1.29, 1.82) is 0 Å². The van der Waals surface area contributed by atoms with Gasteiger partial charge in [0.1, 0.15) is 5.82 Å². The SMILES string of the molecule is COCCCNC(=O)CSc1nnc([C@H]2CCS(=O)(=O)C2)n1C. The molecule has 0 unspecified atom stereocenters. The standard InChI is InChI=1S/C13H22N4O4S2/c1-17-12(10-4-7-23(19,20)9-10)15-16-13(17)22-8-11(18)14-5-3-6-21-2/h10H,3-9H2,1-2H3,(H,14,18)/t10-/m0/s1. The summed E-state index contributed by atoms with van der Waals surface area (Å²) in [4.78, 5) is 11.7. The summed E-state index contributed by atoms with van der Waals surface area (Å²) in [7, 11) is 0.474. The number of methoxy groups -OCH3 is 1. The van der Waals surface area contributed by atoms with Crippen LogP contribution in [0.15, 0.2) is 5.16 Å². The first-order valence-corrected chi connectivity index (χ1v) is 10.2. The highest BCUT2D eigenvalue weighted by Crippen LogP contribution is 2.29. The van der Waals surface area contributed by atoms with Crippen LogP contribution < -0.4 is 5.32 Å². The zero-order valence-electron chi connectivity index (χ0n) is 13.3. The minimum absolute atomic E-state index is 0.0703. The molecule has 2 rings (SSSR count). The van der Waals surface area contributed by atoms with E-state index in [-0.39, 0.29) is 29.1 Å². The van der Waals surface area contributed by atoms with Gasteiger partial charge >= 0.3 is 0 Å². The molecule has 2 heterocycles. The molecule has 0 bridgehead atoms. The van der Waals surface area contributed by atoms with E-state index in [1.54, 1.807) is 18.7 Å². The number of aromatic nitrogens is 3. The van der Waals surface area contributed by atoms with Crippen LogP contribution in [-0.2, 0) is 26.4 Å². The van der Waals surface area contributed by atoms with Gasteiger partial charge in [0.25, 0.3) is 0 Å². The number of carbonyl (C=O) groups excluding carboxylic acids is 1. The fraction of sp³-hybridized carbons (Fsp3) is 0.769. The third-order valence-corrected chi connectivity index (χ3v) is 6.43. The molecule has 1 aromatic rings. The largest absolute Gasteiger partial charge is 0.385 e. The van der Waals surface area contributed by atoms with Crippen LogP contribution in [0.2, 0.25) is 0 Å². The van der Waals surface area contributed by atoms with Crippen LogP contribution in [0.4, 0.5) is 0 Å². The highest BCUT2D eigenvalue weighted by Gasteiger charge is 2.32. The lowest BCUT2D eigenvalue weighted by Crippen LogP contribution is -2.26. The quantitative estimate of drug-likeness (QED) is 0.511. The molecule has 1 aromatic heterocycles. The van der Waals surface area contributed by atoms with E-state index in [4.69, 9.17) is 4.74 Å². The number of nitrogens with zero attached hydrogens (tertiary/aromatic N) is 3. The van der Waals surface area contributed by atoms with Crippen molar-refractivity contribution in [2.45, 2.75) is 23.9 Å². The summed E-state index contributed by atoms with van der Waals surface area (Å²) in [5.74, 6) is 1.09. The fourth-order valence-corrected chi connectivity index (χ4v) is 4.92. The van der Waals surface area contributed by atoms with Crippen molar-refractivity contribution in [3.05, 3.63) is 5.82 Å². The molecule has 0 aromatic carbocycles. The molecular weight excluding hydrogens is 340 g/mol. The first-order valence-electron chi connectivity index (χ1n) is 7.41. The lowest BCUT2D eigenvalue weighted by molar-refractivity contribution is -0.118. The number of hydrogen-bond acceptors (Lipinski definition) is 7. The monoisotopic (exact) mass is 362 g/mol. The van der Waals surface area contributed by atoms with E-state index in [0.717, 1.165) is 6.42 Å². The van der Waals surface area contributed by atoms with E-state index in [9.17, 15) is 13.2 Å². The molecule has 1 saturated heterocycles. The molecule has 0 saturated carbocycles. The van der Waals surface area contributed by atoms with Crippen molar-refractivity contribution in [3.63, 3.8) is 0 Å². The van der Waals surface area contributed by atoms with E-state index in [1.807, 2.05) is 0 Å². The predicted octanol–water partition coefficient (Wildman–Crippen LogP) is -0.0380.